The van der Waals surface area contributed by atoms with Gasteiger partial charge in [-0.1, -0.05) is 0 Å². The summed E-state index contributed by atoms with van der Waals surface area (Å²) in [6, 6.07) is 0.264. The van der Waals surface area contributed by atoms with Crippen LogP contribution < -0.4 is 0 Å². The zero-order chi connectivity index (χ0) is 8.34. The summed E-state index contributed by atoms with van der Waals surface area (Å²) in [4.78, 5) is 13.0. The summed E-state index contributed by atoms with van der Waals surface area (Å²) in [7, 11) is 0. The molecule has 1 amide bonds. The van der Waals surface area contributed by atoms with Crippen molar-refractivity contribution in [2.45, 2.75) is 31.1 Å². The zero-order valence-corrected chi connectivity index (χ0v) is 6.95. The number of carbonyl (C=O) groups excluding carboxylic acids is 1. The number of hydrogen-bond donors (Lipinski definition) is 0. The fourth-order valence-electron chi connectivity index (χ4n) is 2.22. The predicted molar refractivity (Wildman–Crippen MR) is 39.7 cm³/mol. The highest BCUT2D eigenvalue weighted by molar-refractivity contribution is 5.71. The third-order valence-corrected chi connectivity index (χ3v) is 3.06. The number of epoxide rings is 1. The van der Waals surface area contributed by atoms with Crippen molar-refractivity contribution in [3.05, 3.63) is 0 Å². The lowest BCUT2D eigenvalue weighted by Crippen LogP contribution is -2.29. The third kappa shape index (κ3) is 0.684. The van der Waals surface area contributed by atoms with Gasteiger partial charge in [0, 0.05) is 6.42 Å². The molecule has 0 radical (unpaired) electrons. The normalized spacial score (nSPS) is 49.8. The van der Waals surface area contributed by atoms with E-state index in [1.165, 1.54) is 0 Å². The van der Waals surface area contributed by atoms with Crippen LogP contribution in [0.5, 0.6) is 0 Å². The van der Waals surface area contributed by atoms with E-state index in [-0.39, 0.29) is 23.8 Å². The van der Waals surface area contributed by atoms with Gasteiger partial charge in [0.05, 0.1) is 19.2 Å². The van der Waals surface area contributed by atoms with Crippen molar-refractivity contribution in [3.63, 3.8) is 0 Å². The van der Waals surface area contributed by atoms with Crippen molar-refractivity contribution >= 4 is 6.09 Å². The molecule has 4 nitrogen and oxygen atoms in total. The number of fused-ring (bicyclic) bond motifs is 1. The van der Waals surface area contributed by atoms with E-state index in [0.29, 0.717) is 0 Å². The number of cyclic esters (lactones) is 1. The number of rotatable bonds is 0. The van der Waals surface area contributed by atoms with E-state index >= 15 is 0 Å². The summed E-state index contributed by atoms with van der Waals surface area (Å²) < 4.78 is 10.4. The Labute approximate surface area is 70.4 Å². The van der Waals surface area contributed by atoms with Gasteiger partial charge < -0.3 is 9.47 Å². The molecule has 0 aromatic rings. The van der Waals surface area contributed by atoms with Crippen LogP contribution in [0.15, 0.2) is 0 Å². The number of carbonyl (C=O) groups is 1. The van der Waals surface area contributed by atoms with E-state index in [2.05, 4.69) is 0 Å². The van der Waals surface area contributed by atoms with Crippen LogP contribution in [0.4, 0.5) is 4.79 Å². The smallest absolute Gasteiger partial charge is 0.410 e. The molecule has 0 N–H and O–H groups in total. The first-order chi connectivity index (χ1) is 5.70. The number of ether oxygens (including phenoxy) is 2. The minimum absolute atomic E-state index is 0.0262. The first kappa shape index (κ1) is 6.71. The molecule has 3 atom stereocenters. The maximum absolute atomic E-state index is 11.2. The van der Waals surface area contributed by atoms with Crippen LogP contribution >= 0.6 is 0 Å². The molecule has 4 heteroatoms. The lowest BCUT2D eigenvalue weighted by atomic mass is 10.0. The molecule has 0 aromatic heterocycles. The molecule has 0 saturated carbocycles. The summed E-state index contributed by atoms with van der Waals surface area (Å²) in [6.07, 6.45) is 0.834. The SMILES string of the molecule is C[C@H]1OC(=O)N2CC3(CO3)C[C@H]12. The average molecular weight is 169 g/mol. The molecule has 12 heavy (non-hydrogen) atoms. The lowest BCUT2D eigenvalue weighted by molar-refractivity contribution is 0.128. The van der Waals surface area contributed by atoms with Crippen molar-refractivity contribution in [2.75, 3.05) is 13.2 Å². The molecule has 0 bridgehead atoms. The summed E-state index contributed by atoms with van der Waals surface area (Å²) in [5.41, 5.74) is 0.0262. The van der Waals surface area contributed by atoms with Gasteiger partial charge >= 0.3 is 6.09 Å². The van der Waals surface area contributed by atoms with E-state index in [0.717, 1.165) is 19.6 Å². The summed E-state index contributed by atoms with van der Waals surface area (Å²) >= 11 is 0. The molecular weight excluding hydrogens is 158 g/mol. The van der Waals surface area contributed by atoms with Crippen molar-refractivity contribution < 1.29 is 14.3 Å². The molecule has 3 rings (SSSR count). The Balaban J connectivity index is 1.88. The van der Waals surface area contributed by atoms with Gasteiger partial charge in [-0.3, -0.25) is 4.90 Å². The topological polar surface area (TPSA) is 42.1 Å². The second-order valence-electron chi connectivity index (χ2n) is 3.96. The van der Waals surface area contributed by atoms with E-state index in [1.54, 1.807) is 4.90 Å². The zero-order valence-electron chi connectivity index (χ0n) is 6.95. The second-order valence-corrected chi connectivity index (χ2v) is 3.96. The van der Waals surface area contributed by atoms with Gasteiger partial charge in [0.1, 0.15) is 11.7 Å². The molecular formula is C8H11NO3. The van der Waals surface area contributed by atoms with Crippen molar-refractivity contribution in [3.8, 4) is 0 Å². The molecule has 3 saturated heterocycles. The maximum Gasteiger partial charge on any atom is 0.410 e. The molecule has 3 aliphatic rings. The summed E-state index contributed by atoms with van der Waals surface area (Å²) in [6.45, 7) is 3.50. The van der Waals surface area contributed by atoms with Crippen LogP contribution in [-0.2, 0) is 9.47 Å². The van der Waals surface area contributed by atoms with Crippen molar-refractivity contribution in [1.29, 1.82) is 0 Å². The van der Waals surface area contributed by atoms with Crippen LogP contribution in [0.1, 0.15) is 13.3 Å². The Bertz CT molecular complexity index is 249. The van der Waals surface area contributed by atoms with Crippen LogP contribution in [-0.4, -0.2) is 41.9 Å². The van der Waals surface area contributed by atoms with E-state index in [1.807, 2.05) is 6.92 Å². The third-order valence-electron chi connectivity index (χ3n) is 3.06. The first-order valence-corrected chi connectivity index (χ1v) is 4.31. The van der Waals surface area contributed by atoms with Gasteiger partial charge in [-0.25, -0.2) is 4.79 Å². The highest BCUT2D eigenvalue weighted by Crippen LogP contribution is 2.44. The highest BCUT2D eigenvalue weighted by Gasteiger charge is 2.59. The minimum atomic E-state index is -0.167. The fraction of sp³-hybridized carbons (Fsp3) is 0.875. The molecule has 66 valence electrons. The Kier molecular flexibility index (Phi) is 0.987. The van der Waals surface area contributed by atoms with Gasteiger partial charge in [0.15, 0.2) is 0 Å². The Hall–Kier alpha value is -0.770. The van der Waals surface area contributed by atoms with Crippen LogP contribution in [0.2, 0.25) is 0 Å². The Morgan fingerprint density at radius 1 is 1.67 bits per heavy atom. The van der Waals surface area contributed by atoms with E-state index in [9.17, 15) is 4.79 Å². The first-order valence-electron chi connectivity index (χ1n) is 4.31. The standard InChI is InChI=1S/C8H11NO3/c1-5-6-2-8(4-11-8)3-9(6)7(10)12-5/h5-6H,2-4H2,1H3/t5-,6-,8?/m1/s1. The molecule has 0 aromatic carbocycles. The Morgan fingerprint density at radius 3 is 3.00 bits per heavy atom. The average Bonchev–Trinajstić information content (AvgIpc) is 2.53. The molecule has 1 spiro atoms. The van der Waals surface area contributed by atoms with Gasteiger partial charge in [-0.05, 0) is 6.92 Å². The molecule has 3 fully saturated rings. The van der Waals surface area contributed by atoms with E-state index < -0.39 is 0 Å². The van der Waals surface area contributed by atoms with Gasteiger partial charge in [0.2, 0.25) is 0 Å². The second kappa shape index (κ2) is 1.76. The summed E-state index contributed by atoms with van der Waals surface area (Å²) in [5.74, 6) is 0. The minimum Gasteiger partial charge on any atom is -0.444 e. The summed E-state index contributed by atoms with van der Waals surface area (Å²) in [5, 5.41) is 0. The van der Waals surface area contributed by atoms with Gasteiger partial charge in [0.25, 0.3) is 0 Å². The molecule has 3 heterocycles. The molecule has 1 unspecified atom stereocenters. The van der Waals surface area contributed by atoms with Crippen LogP contribution in [0.25, 0.3) is 0 Å². The van der Waals surface area contributed by atoms with E-state index in [4.69, 9.17) is 9.47 Å². The van der Waals surface area contributed by atoms with Crippen LogP contribution in [0, 0.1) is 0 Å². The number of nitrogens with zero attached hydrogens (tertiary/aromatic N) is 1. The number of hydrogen-bond acceptors (Lipinski definition) is 3. The quantitative estimate of drug-likeness (QED) is 0.492. The van der Waals surface area contributed by atoms with Crippen LogP contribution in [0.3, 0.4) is 0 Å². The lowest BCUT2D eigenvalue weighted by Gasteiger charge is -2.10. The molecule has 0 aliphatic carbocycles. The molecule has 3 aliphatic heterocycles. The Morgan fingerprint density at radius 2 is 2.42 bits per heavy atom. The number of amides is 1. The van der Waals surface area contributed by atoms with Crippen molar-refractivity contribution in [2.24, 2.45) is 0 Å². The van der Waals surface area contributed by atoms with Gasteiger partial charge in [-0.15, -0.1) is 0 Å². The van der Waals surface area contributed by atoms with Crippen molar-refractivity contribution in [1.82, 2.24) is 4.90 Å². The monoisotopic (exact) mass is 169 g/mol. The maximum atomic E-state index is 11.2. The predicted octanol–water partition coefficient (Wildman–Crippen LogP) is 0.368. The highest BCUT2D eigenvalue weighted by atomic mass is 16.6. The fourth-order valence-corrected chi connectivity index (χ4v) is 2.22. The van der Waals surface area contributed by atoms with Gasteiger partial charge in [-0.2, -0.15) is 0 Å². The largest absolute Gasteiger partial charge is 0.444 e.